The molecule has 5 aromatic rings. The molecular weight excluding hydrogens is 594 g/mol. The van der Waals surface area contributed by atoms with Gasteiger partial charge in [0.1, 0.15) is 24.1 Å². The molecule has 3 heterocycles. The minimum atomic E-state index is -0.647. The molecule has 0 radical (unpaired) electrons. The van der Waals surface area contributed by atoms with E-state index in [-0.39, 0.29) is 11.7 Å². The van der Waals surface area contributed by atoms with Crippen LogP contribution in [0.25, 0.3) is 10.6 Å². The van der Waals surface area contributed by atoms with Crippen molar-refractivity contribution in [2.24, 2.45) is 5.92 Å². The average Bonchev–Trinajstić information content (AvgIpc) is 3.74. The van der Waals surface area contributed by atoms with Crippen molar-refractivity contribution >= 4 is 28.7 Å². The molecule has 0 unspecified atom stereocenters. The molecule has 1 saturated heterocycles. The van der Waals surface area contributed by atoms with E-state index in [4.69, 9.17) is 30.2 Å². The number of furan rings is 1. The molecule has 5 atom stereocenters. The van der Waals surface area contributed by atoms with Crippen LogP contribution in [-0.2, 0) is 38.6 Å². The molecule has 2 aromatic heterocycles. The van der Waals surface area contributed by atoms with Gasteiger partial charge in [0.2, 0.25) is 0 Å². The molecule has 0 amide bonds. The van der Waals surface area contributed by atoms with E-state index in [1.807, 2.05) is 104 Å². The van der Waals surface area contributed by atoms with Crippen LogP contribution in [0.4, 0.5) is 0 Å². The van der Waals surface area contributed by atoms with Gasteiger partial charge >= 0.3 is 0 Å². The fourth-order valence-corrected chi connectivity index (χ4v) is 6.79. The summed E-state index contributed by atoms with van der Waals surface area (Å²) in [5, 5.41) is 1.55. The molecule has 1 fully saturated rings. The fourth-order valence-electron chi connectivity index (χ4n) is 5.69. The fraction of sp³-hybridized carbons (Fsp3) is 0.278. The Bertz CT molecular complexity index is 1660. The third-order valence-corrected chi connectivity index (χ3v) is 9.32. The van der Waals surface area contributed by atoms with Gasteiger partial charge in [0.25, 0.3) is 0 Å². The maximum absolute atomic E-state index is 12.9. The van der Waals surface area contributed by atoms with Crippen molar-refractivity contribution in [1.29, 1.82) is 0 Å². The Morgan fingerprint density at radius 2 is 1.59 bits per heavy atom. The number of aromatic nitrogens is 1. The highest BCUT2D eigenvalue weighted by atomic mass is 35.5. The van der Waals surface area contributed by atoms with Crippen molar-refractivity contribution in [3.63, 3.8) is 0 Å². The van der Waals surface area contributed by atoms with Crippen molar-refractivity contribution in [3.05, 3.63) is 136 Å². The van der Waals surface area contributed by atoms with E-state index in [0.717, 1.165) is 37.9 Å². The Morgan fingerprint density at radius 1 is 0.909 bits per heavy atom. The minimum Gasteiger partial charge on any atom is -0.463 e. The number of nitrogens with zero attached hydrogens (tertiary/aromatic N) is 1. The summed E-state index contributed by atoms with van der Waals surface area (Å²) in [5.41, 5.74) is 3.88. The number of benzene rings is 3. The Kier molecular flexibility index (Phi) is 9.69. The Labute approximate surface area is 266 Å². The largest absolute Gasteiger partial charge is 0.463 e. The Hall–Kier alpha value is -3.59. The first-order valence-corrected chi connectivity index (χ1v) is 15.9. The van der Waals surface area contributed by atoms with Gasteiger partial charge in [-0.25, -0.2) is 4.98 Å². The Morgan fingerprint density at radius 3 is 2.23 bits per heavy atom. The summed E-state index contributed by atoms with van der Waals surface area (Å²) in [6.07, 6.45) is 1.93. The molecule has 1 aliphatic heterocycles. The van der Waals surface area contributed by atoms with E-state index in [2.05, 4.69) is 4.98 Å². The molecule has 0 aliphatic carbocycles. The lowest BCUT2D eigenvalue weighted by molar-refractivity contribution is -0.231. The van der Waals surface area contributed by atoms with Gasteiger partial charge in [-0.05, 0) is 47.4 Å². The van der Waals surface area contributed by atoms with Crippen LogP contribution in [0.5, 0.6) is 0 Å². The maximum Gasteiger partial charge on any atom is 0.158 e. The summed E-state index contributed by atoms with van der Waals surface area (Å²) < 4.78 is 25.4. The highest BCUT2D eigenvalue weighted by Gasteiger charge is 2.47. The molecule has 0 spiro atoms. The zero-order valence-corrected chi connectivity index (χ0v) is 26.2. The zero-order valence-electron chi connectivity index (χ0n) is 24.6. The van der Waals surface area contributed by atoms with E-state index in [0.29, 0.717) is 24.7 Å². The number of hydrogen-bond acceptors (Lipinski definition) is 7. The average molecular weight is 628 g/mol. The van der Waals surface area contributed by atoms with Gasteiger partial charge in [0.05, 0.1) is 35.5 Å². The number of ketones is 1. The predicted octanol–water partition coefficient (Wildman–Crippen LogP) is 8.48. The van der Waals surface area contributed by atoms with Gasteiger partial charge < -0.3 is 18.6 Å². The molecule has 0 bridgehead atoms. The van der Waals surface area contributed by atoms with Crippen LogP contribution in [0.3, 0.4) is 0 Å². The SMILES string of the molecule is CC(=O)[C@H]1O[C@@H](c2ccc(Cl)c(Cc3ncc(-c4ccco4)s3)c2)[C@H](OCc2ccccc2)[C@@H](OCc2ccccc2)[C@@H]1C. The van der Waals surface area contributed by atoms with Crippen molar-refractivity contribution in [3.8, 4) is 10.6 Å². The van der Waals surface area contributed by atoms with E-state index in [1.54, 1.807) is 24.5 Å². The monoisotopic (exact) mass is 627 g/mol. The maximum atomic E-state index is 12.9. The van der Waals surface area contributed by atoms with Crippen LogP contribution in [-0.4, -0.2) is 29.1 Å². The molecule has 3 aromatic carbocycles. The number of Topliss-reactive ketones (excluding diaryl/α,β-unsaturated/α-hetero) is 1. The van der Waals surface area contributed by atoms with E-state index in [9.17, 15) is 4.79 Å². The molecule has 1 aliphatic rings. The van der Waals surface area contributed by atoms with Crippen molar-refractivity contribution < 1.29 is 23.4 Å². The van der Waals surface area contributed by atoms with Gasteiger partial charge in [-0.3, -0.25) is 4.79 Å². The van der Waals surface area contributed by atoms with Crippen molar-refractivity contribution in [1.82, 2.24) is 4.98 Å². The third-order valence-electron chi connectivity index (χ3n) is 7.94. The lowest BCUT2D eigenvalue weighted by Crippen LogP contribution is -2.53. The first-order chi connectivity index (χ1) is 21.5. The first kappa shape index (κ1) is 30.4. The van der Waals surface area contributed by atoms with E-state index >= 15 is 0 Å². The summed E-state index contributed by atoms with van der Waals surface area (Å²) in [4.78, 5) is 18.5. The quantitative estimate of drug-likeness (QED) is 0.146. The van der Waals surface area contributed by atoms with Crippen LogP contribution < -0.4 is 0 Å². The van der Waals surface area contributed by atoms with Crippen molar-refractivity contribution in [2.75, 3.05) is 0 Å². The number of hydrogen-bond donors (Lipinski definition) is 0. The van der Waals surface area contributed by atoms with Crippen LogP contribution in [0.1, 0.15) is 47.2 Å². The normalized spacial score (nSPS) is 21.8. The summed E-state index contributed by atoms with van der Waals surface area (Å²) in [5.74, 6) is 0.517. The summed E-state index contributed by atoms with van der Waals surface area (Å²) in [6, 6.07) is 29.7. The molecule has 8 heteroatoms. The number of rotatable bonds is 11. The molecule has 6 nitrogen and oxygen atoms in total. The number of ether oxygens (including phenoxy) is 3. The van der Waals surface area contributed by atoms with E-state index < -0.39 is 24.4 Å². The van der Waals surface area contributed by atoms with Gasteiger partial charge in [0.15, 0.2) is 5.78 Å². The molecule has 226 valence electrons. The number of carbonyl (C=O) groups is 1. The zero-order chi connectivity index (χ0) is 30.5. The lowest BCUT2D eigenvalue weighted by Gasteiger charge is -2.45. The molecule has 0 saturated carbocycles. The predicted molar refractivity (Wildman–Crippen MR) is 172 cm³/mol. The highest BCUT2D eigenvalue weighted by molar-refractivity contribution is 7.15. The van der Waals surface area contributed by atoms with Gasteiger partial charge in [-0.2, -0.15) is 0 Å². The summed E-state index contributed by atoms with van der Waals surface area (Å²) in [6.45, 7) is 4.35. The molecular formula is C36H34ClNO5S. The van der Waals surface area contributed by atoms with Gasteiger partial charge in [-0.1, -0.05) is 91.3 Å². The van der Waals surface area contributed by atoms with E-state index in [1.165, 1.54) is 0 Å². The third kappa shape index (κ3) is 7.04. The summed E-state index contributed by atoms with van der Waals surface area (Å²) >= 11 is 8.29. The Balaban J connectivity index is 1.32. The molecule has 0 N–H and O–H groups in total. The smallest absolute Gasteiger partial charge is 0.158 e. The second-order valence-corrected chi connectivity index (χ2v) is 12.6. The summed E-state index contributed by atoms with van der Waals surface area (Å²) in [7, 11) is 0. The minimum absolute atomic E-state index is 0.0419. The number of halogens is 1. The van der Waals surface area contributed by atoms with Crippen LogP contribution in [0, 0.1) is 5.92 Å². The van der Waals surface area contributed by atoms with Crippen LogP contribution in [0.15, 0.2) is 108 Å². The van der Waals surface area contributed by atoms with Crippen LogP contribution >= 0.6 is 22.9 Å². The topological polar surface area (TPSA) is 70.8 Å². The molecule has 6 rings (SSSR count). The van der Waals surface area contributed by atoms with Gasteiger partial charge in [-0.15, -0.1) is 11.3 Å². The number of carbonyl (C=O) groups excluding carboxylic acids is 1. The second kappa shape index (κ2) is 14.0. The molecule has 44 heavy (non-hydrogen) atoms. The standard InChI is InChI=1S/C36H34ClNO5S/c1-23-33(24(2)39)43-35(27-15-16-29(37)28(18-27)19-32-38-20-31(44-32)30-14-9-17-40-30)36(42-22-26-12-7-4-8-13-26)34(23)41-21-25-10-5-3-6-11-25/h3-18,20,23,33-36H,19,21-22H2,1-2H3/t23-,33+,34+,35+,36-/m1/s1. The highest BCUT2D eigenvalue weighted by Crippen LogP contribution is 2.41. The number of thiazole rings is 1. The van der Waals surface area contributed by atoms with Crippen molar-refractivity contribution in [2.45, 2.75) is 57.9 Å². The lowest BCUT2D eigenvalue weighted by atomic mass is 9.83. The first-order valence-electron chi connectivity index (χ1n) is 14.7. The van der Waals surface area contributed by atoms with Crippen LogP contribution in [0.2, 0.25) is 5.02 Å². The second-order valence-electron chi connectivity index (χ2n) is 11.1. The van der Waals surface area contributed by atoms with Gasteiger partial charge in [0, 0.05) is 23.6 Å².